The number of imidazole rings is 1. The van der Waals surface area contributed by atoms with Gasteiger partial charge in [-0.15, -0.1) is 0 Å². The smallest absolute Gasteiger partial charge is 0.182 e. The van der Waals surface area contributed by atoms with Gasteiger partial charge in [0.25, 0.3) is 0 Å². The largest absolute Gasteiger partial charge is 0.330 e. The van der Waals surface area contributed by atoms with Crippen LogP contribution in [0, 0.1) is 21.9 Å². The lowest BCUT2D eigenvalue weighted by atomic mass is 10.2. The van der Waals surface area contributed by atoms with Gasteiger partial charge in [-0.05, 0) is 52.4 Å². The average molecular weight is 383 g/mol. The minimum absolute atomic E-state index is 0.324. The fourth-order valence-corrected chi connectivity index (χ4v) is 2.93. The van der Waals surface area contributed by atoms with Gasteiger partial charge in [-0.1, -0.05) is 11.6 Å². The lowest BCUT2D eigenvalue weighted by Gasteiger charge is -2.08. The van der Waals surface area contributed by atoms with Gasteiger partial charge in [0.15, 0.2) is 4.77 Å². The van der Waals surface area contributed by atoms with E-state index in [-0.39, 0.29) is 5.82 Å². The van der Waals surface area contributed by atoms with Crippen LogP contribution in [0.15, 0.2) is 34.8 Å². The van der Waals surface area contributed by atoms with Crippen LogP contribution in [0.2, 0.25) is 5.02 Å². The quantitative estimate of drug-likeness (QED) is 0.594. The molecule has 0 spiro atoms. The van der Waals surface area contributed by atoms with Crippen LogP contribution in [0.3, 0.4) is 0 Å². The monoisotopic (exact) mass is 381 g/mol. The summed E-state index contributed by atoms with van der Waals surface area (Å²) in [6, 6.07) is 9.93. The van der Waals surface area contributed by atoms with E-state index in [0.29, 0.717) is 36.6 Å². The van der Waals surface area contributed by atoms with Gasteiger partial charge in [0.2, 0.25) is 0 Å². The number of nitrogens with one attached hydrogen (secondary N) is 1. The molecule has 2 aromatic carbocycles. The van der Waals surface area contributed by atoms with Gasteiger partial charge in [0.05, 0.1) is 37.8 Å². The highest BCUT2D eigenvalue weighted by molar-refractivity contribution is 9.10. The molecule has 1 aromatic heterocycles. The molecule has 0 saturated carbocycles. The molecule has 0 saturated heterocycles. The Hall–Kier alpha value is -1.68. The number of hydrogen-bond acceptors (Lipinski definition) is 2. The Kier molecular flexibility index (Phi) is 3.57. The maximum Gasteiger partial charge on any atom is 0.182 e. The van der Waals surface area contributed by atoms with Crippen molar-refractivity contribution in [2.45, 2.75) is 0 Å². The van der Waals surface area contributed by atoms with Gasteiger partial charge >= 0.3 is 0 Å². The van der Waals surface area contributed by atoms with Gasteiger partial charge in [0, 0.05) is 6.07 Å². The Morgan fingerprint density at radius 1 is 1.33 bits per heavy atom. The molecular formula is C14H6BrClFN3S. The Morgan fingerprint density at radius 2 is 2.10 bits per heavy atom. The van der Waals surface area contributed by atoms with Crippen molar-refractivity contribution in [3.8, 4) is 11.8 Å². The summed E-state index contributed by atoms with van der Waals surface area (Å²) in [5, 5.41) is 9.47. The first-order valence-electron chi connectivity index (χ1n) is 5.81. The van der Waals surface area contributed by atoms with Crippen molar-refractivity contribution < 1.29 is 4.39 Å². The second-order valence-corrected chi connectivity index (χ2v) is 5.98. The molecule has 3 rings (SSSR count). The van der Waals surface area contributed by atoms with Crippen LogP contribution >= 0.6 is 39.7 Å². The zero-order chi connectivity index (χ0) is 15.1. The zero-order valence-corrected chi connectivity index (χ0v) is 13.5. The van der Waals surface area contributed by atoms with Crippen LogP contribution in [-0.4, -0.2) is 9.55 Å². The van der Waals surface area contributed by atoms with E-state index in [9.17, 15) is 4.39 Å². The van der Waals surface area contributed by atoms with Gasteiger partial charge in [-0.2, -0.15) is 5.26 Å². The SMILES string of the molecule is N#Cc1ccc(Cl)c(-n2c(=S)[nH]c3cc(F)c(Br)cc32)c1. The summed E-state index contributed by atoms with van der Waals surface area (Å²) in [5.41, 5.74) is 2.27. The number of fused-ring (bicyclic) bond motifs is 1. The second kappa shape index (κ2) is 5.26. The number of nitrogens with zero attached hydrogens (tertiary/aromatic N) is 2. The van der Waals surface area contributed by atoms with Crippen molar-refractivity contribution in [3.05, 3.63) is 56.0 Å². The van der Waals surface area contributed by atoms with Crippen molar-refractivity contribution >= 4 is 50.8 Å². The summed E-state index contributed by atoms with van der Waals surface area (Å²) in [6.07, 6.45) is 0. The lowest BCUT2D eigenvalue weighted by molar-refractivity contribution is 0.623. The van der Waals surface area contributed by atoms with Crippen molar-refractivity contribution in [2.24, 2.45) is 0 Å². The van der Waals surface area contributed by atoms with Crippen molar-refractivity contribution in [1.29, 1.82) is 5.26 Å². The standard InChI is InChI=1S/C14H6BrClFN3S/c15-8-4-13-11(5-10(8)17)19-14(21)20(13)12-3-7(6-18)1-2-9(12)16/h1-5H,(H,19,21). The number of rotatable bonds is 1. The maximum atomic E-state index is 13.6. The molecule has 0 amide bonds. The zero-order valence-electron chi connectivity index (χ0n) is 10.3. The van der Waals surface area contributed by atoms with Crippen molar-refractivity contribution in [2.75, 3.05) is 0 Å². The molecule has 1 heterocycles. The summed E-state index contributed by atoms with van der Waals surface area (Å²) in [6.45, 7) is 0. The van der Waals surface area contributed by atoms with E-state index < -0.39 is 0 Å². The predicted octanol–water partition coefficient (Wildman–Crippen LogP) is 5.11. The molecule has 0 aliphatic rings. The number of H-pyrrole nitrogens is 1. The van der Waals surface area contributed by atoms with Crippen LogP contribution in [0.1, 0.15) is 5.56 Å². The number of nitriles is 1. The molecule has 3 aromatic rings. The Morgan fingerprint density at radius 3 is 2.81 bits per heavy atom. The molecule has 0 atom stereocenters. The van der Waals surface area contributed by atoms with Crippen LogP contribution in [-0.2, 0) is 0 Å². The number of aromatic amines is 1. The van der Waals surface area contributed by atoms with E-state index in [0.717, 1.165) is 0 Å². The first kappa shape index (κ1) is 14.3. The predicted molar refractivity (Wildman–Crippen MR) is 85.8 cm³/mol. The summed E-state index contributed by atoms with van der Waals surface area (Å²) in [5.74, 6) is -0.386. The minimum Gasteiger partial charge on any atom is -0.330 e. The fourth-order valence-electron chi connectivity index (χ4n) is 2.09. The Balaban J connectivity index is 2.41. The molecule has 0 aliphatic carbocycles. The van der Waals surface area contributed by atoms with Gasteiger partial charge in [-0.25, -0.2) is 4.39 Å². The molecule has 0 bridgehead atoms. The number of hydrogen-bond donors (Lipinski definition) is 1. The third-order valence-electron chi connectivity index (χ3n) is 3.04. The van der Waals surface area contributed by atoms with E-state index in [1.54, 1.807) is 28.8 Å². The van der Waals surface area contributed by atoms with Crippen molar-refractivity contribution in [1.82, 2.24) is 9.55 Å². The highest BCUT2D eigenvalue weighted by Crippen LogP contribution is 2.29. The molecule has 1 N–H and O–H groups in total. The molecular weight excluding hydrogens is 377 g/mol. The normalized spacial score (nSPS) is 10.8. The minimum atomic E-state index is -0.386. The highest BCUT2D eigenvalue weighted by atomic mass is 79.9. The van der Waals surface area contributed by atoms with E-state index in [4.69, 9.17) is 29.1 Å². The molecule has 0 radical (unpaired) electrons. The average Bonchev–Trinajstić information content (AvgIpc) is 2.75. The molecule has 0 fully saturated rings. The van der Waals surface area contributed by atoms with Crippen LogP contribution < -0.4 is 0 Å². The number of halogens is 3. The summed E-state index contributed by atoms with van der Waals surface area (Å²) in [7, 11) is 0. The molecule has 104 valence electrons. The first-order chi connectivity index (χ1) is 10.0. The molecule has 0 unspecified atom stereocenters. The van der Waals surface area contributed by atoms with Gasteiger partial charge < -0.3 is 4.98 Å². The summed E-state index contributed by atoms with van der Waals surface area (Å²) in [4.78, 5) is 2.93. The van der Waals surface area contributed by atoms with E-state index in [1.807, 2.05) is 0 Å². The van der Waals surface area contributed by atoms with E-state index >= 15 is 0 Å². The van der Waals surface area contributed by atoms with Crippen LogP contribution in [0.25, 0.3) is 16.7 Å². The van der Waals surface area contributed by atoms with E-state index in [2.05, 4.69) is 27.0 Å². The fraction of sp³-hybridized carbons (Fsp3) is 0. The molecule has 21 heavy (non-hydrogen) atoms. The summed E-state index contributed by atoms with van der Waals surface area (Å²) >= 11 is 14.7. The summed E-state index contributed by atoms with van der Waals surface area (Å²) < 4.78 is 16.0. The molecule has 7 heteroatoms. The van der Waals surface area contributed by atoms with Crippen LogP contribution in [0.4, 0.5) is 4.39 Å². The molecule has 3 nitrogen and oxygen atoms in total. The topological polar surface area (TPSA) is 44.5 Å². The Bertz CT molecular complexity index is 971. The number of benzene rings is 2. The number of aromatic nitrogens is 2. The Labute approximate surface area is 137 Å². The van der Waals surface area contributed by atoms with Crippen molar-refractivity contribution in [3.63, 3.8) is 0 Å². The van der Waals surface area contributed by atoms with E-state index in [1.165, 1.54) is 6.07 Å². The molecule has 0 aliphatic heterocycles. The first-order valence-corrected chi connectivity index (χ1v) is 7.39. The third kappa shape index (κ3) is 2.38. The lowest BCUT2D eigenvalue weighted by Crippen LogP contribution is -1.96. The van der Waals surface area contributed by atoms with Gasteiger partial charge in [0.1, 0.15) is 5.82 Å². The second-order valence-electron chi connectivity index (χ2n) is 4.33. The van der Waals surface area contributed by atoms with Crippen LogP contribution in [0.5, 0.6) is 0 Å². The van der Waals surface area contributed by atoms with Gasteiger partial charge in [-0.3, -0.25) is 4.57 Å². The third-order valence-corrected chi connectivity index (χ3v) is 4.25. The highest BCUT2D eigenvalue weighted by Gasteiger charge is 2.13. The maximum absolute atomic E-state index is 13.6.